The van der Waals surface area contributed by atoms with Crippen LogP contribution in [-0.4, -0.2) is 11.8 Å². The molecular weight excluding hydrogens is 324 g/mol. The van der Waals surface area contributed by atoms with Crippen molar-refractivity contribution in [3.05, 3.63) is 26.8 Å². The third-order valence-corrected chi connectivity index (χ3v) is 2.70. The molecule has 1 amide bonds. The van der Waals surface area contributed by atoms with E-state index in [1.807, 2.05) is 0 Å². The SMILES string of the molecule is O=C(CCl)Nc1ccc(Cl)cc1I. The Morgan fingerprint density at radius 2 is 2.23 bits per heavy atom. The number of rotatable bonds is 2. The Bertz CT molecular complexity index is 330. The average Bonchev–Trinajstić information content (AvgIpc) is 2.09. The van der Waals surface area contributed by atoms with Gasteiger partial charge in [0.2, 0.25) is 5.91 Å². The van der Waals surface area contributed by atoms with Gasteiger partial charge in [-0.2, -0.15) is 0 Å². The van der Waals surface area contributed by atoms with E-state index in [4.69, 9.17) is 23.2 Å². The largest absolute Gasteiger partial charge is 0.324 e. The number of hydrogen-bond donors (Lipinski definition) is 1. The zero-order valence-corrected chi connectivity index (χ0v) is 10.2. The monoisotopic (exact) mass is 329 g/mol. The Morgan fingerprint density at radius 1 is 1.54 bits per heavy atom. The molecule has 0 aliphatic carbocycles. The minimum Gasteiger partial charge on any atom is -0.324 e. The van der Waals surface area contributed by atoms with Gasteiger partial charge in [-0.15, -0.1) is 11.6 Å². The molecule has 0 unspecified atom stereocenters. The van der Waals surface area contributed by atoms with Gasteiger partial charge in [0.1, 0.15) is 5.88 Å². The van der Waals surface area contributed by atoms with Crippen LogP contribution in [0.3, 0.4) is 0 Å². The van der Waals surface area contributed by atoms with Gasteiger partial charge in [0.25, 0.3) is 0 Å². The van der Waals surface area contributed by atoms with Gasteiger partial charge >= 0.3 is 0 Å². The van der Waals surface area contributed by atoms with Crippen LogP contribution in [-0.2, 0) is 4.79 Å². The second-order valence-electron chi connectivity index (χ2n) is 2.31. The number of halogens is 3. The van der Waals surface area contributed by atoms with Gasteiger partial charge in [0, 0.05) is 8.59 Å². The lowest BCUT2D eigenvalue weighted by Crippen LogP contribution is -2.13. The summed E-state index contributed by atoms with van der Waals surface area (Å²) in [5, 5.41) is 3.30. The highest BCUT2D eigenvalue weighted by atomic mass is 127. The molecule has 0 radical (unpaired) electrons. The Hall–Kier alpha value is -0.000000000000000111. The van der Waals surface area contributed by atoms with Gasteiger partial charge < -0.3 is 5.32 Å². The molecule has 1 aromatic carbocycles. The molecule has 2 nitrogen and oxygen atoms in total. The quantitative estimate of drug-likeness (QED) is 0.655. The van der Waals surface area contributed by atoms with E-state index in [-0.39, 0.29) is 11.8 Å². The number of benzene rings is 1. The van der Waals surface area contributed by atoms with Gasteiger partial charge in [0.15, 0.2) is 0 Å². The number of carbonyl (C=O) groups is 1. The highest BCUT2D eigenvalue weighted by Crippen LogP contribution is 2.22. The maximum atomic E-state index is 10.9. The minimum absolute atomic E-state index is 0.0429. The van der Waals surface area contributed by atoms with Gasteiger partial charge in [0.05, 0.1) is 5.69 Å². The molecule has 0 atom stereocenters. The smallest absolute Gasteiger partial charge is 0.239 e. The summed E-state index contributed by atoms with van der Waals surface area (Å²) in [6.45, 7) is 0. The van der Waals surface area contributed by atoms with E-state index >= 15 is 0 Å². The summed E-state index contributed by atoms with van der Waals surface area (Å²) in [4.78, 5) is 10.9. The molecule has 0 saturated carbocycles. The summed E-state index contributed by atoms with van der Waals surface area (Å²) in [6, 6.07) is 5.23. The Kier molecular flexibility index (Phi) is 4.28. The third kappa shape index (κ3) is 3.32. The lowest BCUT2D eigenvalue weighted by atomic mass is 10.3. The molecule has 0 bridgehead atoms. The number of alkyl halides is 1. The fourth-order valence-electron chi connectivity index (χ4n) is 0.774. The molecular formula is C8H6Cl2INO. The molecule has 0 fully saturated rings. The first-order chi connectivity index (χ1) is 6.13. The van der Waals surface area contributed by atoms with Crippen molar-refractivity contribution in [3.63, 3.8) is 0 Å². The van der Waals surface area contributed by atoms with Crippen LogP contribution in [0.5, 0.6) is 0 Å². The normalized spacial score (nSPS) is 9.77. The standard InChI is InChI=1S/C8H6Cl2INO/c9-4-8(13)12-7-2-1-5(10)3-6(7)11/h1-3H,4H2,(H,12,13). The summed E-state index contributed by atoms with van der Waals surface area (Å²) in [5.41, 5.74) is 0.732. The molecule has 0 aliphatic heterocycles. The van der Waals surface area contributed by atoms with Gasteiger partial charge in [-0.3, -0.25) is 4.79 Å². The van der Waals surface area contributed by atoms with E-state index in [2.05, 4.69) is 27.9 Å². The summed E-state index contributed by atoms with van der Waals surface area (Å²) >= 11 is 13.2. The molecule has 0 aromatic heterocycles. The van der Waals surface area contributed by atoms with Crippen molar-refractivity contribution >= 4 is 57.4 Å². The van der Waals surface area contributed by atoms with Crippen LogP contribution in [0.25, 0.3) is 0 Å². The van der Waals surface area contributed by atoms with Crippen LogP contribution >= 0.6 is 45.8 Å². The zero-order valence-electron chi connectivity index (χ0n) is 6.48. The van der Waals surface area contributed by atoms with Crippen LogP contribution < -0.4 is 5.32 Å². The highest BCUT2D eigenvalue weighted by Gasteiger charge is 2.03. The van der Waals surface area contributed by atoms with E-state index < -0.39 is 0 Å². The molecule has 0 saturated heterocycles. The van der Waals surface area contributed by atoms with E-state index in [0.29, 0.717) is 5.02 Å². The molecule has 70 valence electrons. The van der Waals surface area contributed by atoms with Gasteiger partial charge in [-0.05, 0) is 40.8 Å². The van der Waals surface area contributed by atoms with Crippen molar-refractivity contribution < 1.29 is 4.79 Å². The Balaban J connectivity index is 2.83. The summed E-state index contributed by atoms with van der Waals surface area (Å²) < 4.78 is 0.892. The van der Waals surface area contributed by atoms with E-state index in [1.165, 1.54) is 0 Å². The highest BCUT2D eigenvalue weighted by molar-refractivity contribution is 14.1. The van der Waals surface area contributed by atoms with E-state index in [1.54, 1.807) is 18.2 Å². The molecule has 5 heteroatoms. The van der Waals surface area contributed by atoms with Crippen molar-refractivity contribution in [2.75, 3.05) is 11.2 Å². The maximum absolute atomic E-state index is 10.9. The Morgan fingerprint density at radius 3 is 2.77 bits per heavy atom. The fourth-order valence-corrected chi connectivity index (χ4v) is 1.85. The second-order valence-corrected chi connectivity index (χ2v) is 4.17. The molecule has 1 N–H and O–H groups in total. The molecule has 1 aromatic rings. The maximum Gasteiger partial charge on any atom is 0.239 e. The molecule has 0 aliphatic rings. The van der Waals surface area contributed by atoms with Crippen molar-refractivity contribution in [2.24, 2.45) is 0 Å². The number of amides is 1. The number of hydrogen-bond acceptors (Lipinski definition) is 1. The van der Waals surface area contributed by atoms with Crippen molar-refractivity contribution in [1.29, 1.82) is 0 Å². The predicted octanol–water partition coefficient (Wildman–Crippen LogP) is 3.12. The molecule has 1 rings (SSSR count). The number of anilines is 1. The third-order valence-electron chi connectivity index (χ3n) is 1.33. The average molecular weight is 330 g/mol. The van der Waals surface area contributed by atoms with Crippen LogP contribution in [0.1, 0.15) is 0 Å². The number of carbonyl (C=O) groups excluding carboxylic acids is 1. The van der Waals surface area contributed by atoms with Crippen LogP contribution in [0.2, 0.25) is 5.02 Å². The molecule has 0 spiro atoms. The topological polar surface area (TPSA) is 29.1 Å². The summed E-state index contributed by atoms with van der Waals surface area (Å²) in [7, 11) is 0. The Labute approximate surface area is 99.7 Å². The van der Waals surface area contributed by atoms with Crippen molar-refractivity contribution in [3.8, 4) is 0 Å². The first-order valence-electron chi connectivity index (χ1n) is 3.44. The van der Waals surface area contributed by atoms with Crippen molar-refractivity contribution in [1.82, 2.24) is 0 Å². The van der Waals surface area contributed by atoms with Crippen LogP contribution in [0, 0.1) is 3.57 Å². The zero-order chi connectivity index (χ0) is 9.84. The minimum atomic E-state index is -0.220. The number of nitrogens with one attached hydrogen (secondary N) is 1. The van der Waals surface area contributed by atoms with Crippen LogP contribution in [0.4, 0.5) is 5.69 Å². The molecule has 13 heavy (non-hydrogen) atoms. The summed E-state index contributed by atoms with van der Waals surface area (Å²) in [5.74, 6) is -0.263. The van der Waals surface area contributed by atoms with Gasteiger partial charge in [-0.1, -0.05) is 11.6 Å². The molecule has 0 heterocycles. The lowest BCUT2D eigenvalue weighted by molar-refractivity contribution is -0.113. The first kappa shape index (κ1) is 11.1. The summed E-state index contributed by atoms with van der Waals surface area (Å²) in [6.07, 6.45) is 0. The second kappa shape index (κ2) is 5.02. The van der Waals surface area contributed by atoms with E-state index in [9.17, 15) is 4.79 Å². The lowest BCUT2D eigenvalue weighted by Gasteiger charge is -2.05. The van der Waals surface area contributed by atoms with Crippen molar-refractivity contribution in [2.45, 2.75) is 0 Å². The van der Waals surface area contributed by atoms with E-state index in [0.717, 1.165) is 9.26 Å². The van der Waals surface area contributed by atoms with Crippen LogP contribution in [0.15, 0.2) is 18.2 Å². The fraction of sp³-hybridized carbons (Fsp3) is 0.125. The first-order valence-corrected chi connectivity index (χ1v) is 5.43. The van der Waals surface area contributed by atoms with Gasteiger partial charge in [-0.25, -0.2) is 0 Å². The predicted molar refractivity (Wildman–Crippen MR) is 63.5 cm³/mol.